The van der Waals surface area contributed by atoms with Crippen molar-refractivity contribution in [2.45, 2.75) is 32.2 Å². The number of nitrogens with zero attached hydrogens (tertiary/aromatic N) is 2. The molecule has 3 rings (SSSR count). The van der Waals surface area contributed by atoms with Crippen LogP contribution >= 0.6 is 0 Å². The molecule has 0 bridgehead atoms. The van der Waals surface area contributed by atoms with Gasteiger partial charge in [0.1, 0.15) is 5.82 Å². The number of benzene rings is 1. The highest BCUT2D eigenvalue weighted by Crippen LogP contribution is 2.31. The molecule has 1 aliphatic rings. The number of aryl methyl sites for hydroxylation is 2. The van der Waals surface area contributed by atoms with Crippen LogP contribution in [0.3, 0.4) is 0 Å². The van der Waals surface area contributed by atoms with Gasteiger partial charge in [-0.1, -0.05) is 6.07 Å². The van der Waals surface area contributed by atoms with Gasteiger partial charge in [-0.25, -0.2) is 4.98 Å². The third kappa shape index (κ3) is 1.57. The molecule has 1 aromatic heterocycles. The lowest BCUT2D eigenvalue weighted by Gasteiger charge is -2.23. The maximum absolute atomic E-state index is 4.83. The van der Waals surface area contributed by atoms with Crippen molar-refractivity contribution in [3.05, 3.63) is 29.6 Å². The van der Waals surface area contributed by atoms with Gasteiger partial charge in [0.2, 0.25) is 0 Å². The fraction of sp³-hybridized carbons (Fsp3) is 0.500. The fourth-order valence-corrected chi connectivity index (χ4v) is 2.89. The number of nitrogens with one attached hydrogen (secondary N) is 1. The van der Waals surface area contributed by atoms with Crippen molar-refractivity contribution in [3.63, 3.8) is 0 Å². The third-order valence-corrected chi connectivity index (χ3v) is 3.90. The average Bonchev–Trinajstić information content (AvgIpc) is 2.85. The molecular formula is C14H19N3. The van der Waals surface area contributed by atoms with Gasteiger partial charge in [0, 0.05) is 7.05 Å². The first kappa shape index (κ1) is 10.8. The summed E-state index contributed by atoms with van der Waals surface area (Å²) in [5, 5.41) is 3.58. The first-order valence-corrected chi connectivity index (χ1v) is 6.29. The quantitative estimate of drug-likeness (QED) is 0.814. The first-order valence-electron chi connectivity index (χ1n) is 6.29. The van der Waals surface area contributed by atoms with Crippen molar-refractivity contribution in [1.29, 1.82) is 0 Å². The van der Waals surface area contributed by atoms with Crippen LogP contribution in [0.25, 0.3) is 11.0 Å². The van der Waals surface area contributed by atoms with Gasteiger partial charge in [0.05, 0.1) is 16.6 Å². The number of hydrogen-bond acceptors (Lipinski definition) is 2. The van der Waals surface area contributed by atoms with Gasteiger partial charge in [-0.3, -0.25) is 0 Å². The van der Waals surface area contributed by atoms with E-state index in [1.165, 1.54) is 23.9 Å². The van der Waals surface area contributed by atoms with Gasteiger partial charge in [-0.15, -0.1) is 0 Å². The topological polar surface area (TPSA) is 29.9 Å². The van der Waals surface area contributed by atoms with Gasteiger partial charge in [0.25, 0.3) is 0 Å². The monoisotopic (exact) mass is 229 g/mol. The lowest BCUT2D eigenvalue weighted by molar-refractivity contribution is 0.397. The van der Waals surface area contributed by atoms with E-state index in [9.17, 15) is 0 Å². The minimum Gasteiger partial charge on any atom is -0.330 e. The lowest BCUT2D eigenvalue weighted by Crippen LogP contribution is -2.35. The Bertz CT molecular complexity index is 562. The molecule has 1 aliphatic heterocycles. The van der Waals surface area contributed by atoms with E-state index in [1.54, 1.807) is 0 Å². The summed E-state index contributed by atoms with van der Waals surface area (Å²) in [6.07, 6.45) is 2.40. The van der Waals surface area contributed by atoms with Crippen LogP contribution in [0.15, 0.2) is 18.2 Å². The molecule has 0 spiro atoms. The van der Waals surface area contributed by atoms with Crippen molar-refractivity contribution >= 4 is 11.0 Å². The predicted molar refractivity (Wildman–Crippen MR) is 70.0 cm³/mol. The Hall–Kier alpha value is -1.35. The summed E-state index contributed by atoms with van der Waals surface area (Å²) in [6, 6.07) is 6.48. The zero-order chi connectivity index (χ0) is 12.0. The Labute approximate surface area is 102 Å². The van der Waals surface area contributed by atoms with Crippen LogP contribution in [0.1, 0.15) is 31.2 Å². The predicted octanol–water partition coefficient (Wildman–Crippen LogP) is 2.48. The van der Waals surface area contributed by atoms with Gasteiger partial charge >= 0.3 is 0 Å². The zero-order valence-electron chi connectivity index (χ0n) is 10.7. The molecular weight excluding hydrogens is 210 g/mol. The minimum atomic E-state index is 0.0433. The largest absolute Gasteiger partial charge is 0.330 e. The molecule has 1 atom stereocenters. The van der Waals surface area contributed by atoms with Gasteiger partial charge < -0.3 is 9.88 Å². The van der Waals surface area contributed by atoms with Gasteiger partial charge in [-0.2, -0.15) is 0 Å². The molecule has 2 heterocycles. The van der Waals surface area contributed by atoms with Gasteiger partial charge in [0.15, 0.2) is 0 Å². The van der Waals surface area contributed by atoms with Crippen LogP contribution in [0.4, 0.5) is 0 Å². The van der Waals surface area contributed by atoms with E-state index in [2.05, 4.69) is 49.0 Å². The number of fused-ring (bicyclic) bond motifs is 1. The molecule has 90 valence electrons. The molecule has 1 saturated heterocycles. The summed E-state index contributed by atoms with van der Waals surface area (Å²) < 4.78 is 2.23. The van der Waals surface area contributed by atoms with Crippen LogP contribution in [0.5, 0.6) is 0 Å². The smallest absolute Gasteiger partial charge is 0.129 e. The molecule has 0 radical (unpaired) electrons. The number of imidazole rings is 1. The Morgan fingerprint density at radius 3 is 2.94 bits per heavy atom. The fourth-order valence-electron chi connectivity index (χ4n) is 2.89. The maximum atomic E-state index is 4.83. The number of rotatable bonds is 1. The number of hydrogen-bond donors (Lipinski definition) is 1. The van der Waals surface area contributed by atoms with E-state index in [0.29, 0.717) is 0 Å². The molecule has 3 heteroatoms. The van der Waals surface area contributed by atoms with Crippen LogP contribution < -0.4 is 5.32 Å². The standard InChI is InChI=1S/C14H19N3/c1-10-5-6-12-11(9-10)16-13(17(12)3)14(2)7-4-8-15-14/h5-6,9,15H,4,7-8H2,1-3H3. The third-order valence-electron chi connectivity index (χ3n) is 3.90. The normalized spacial score (nSPS) is 24.6. The van der Waals surface area contributed by atoms with E-state index in [1.807, 2.05) is 0 Å². The van der Waals surface area contributed by atoms with Crippen molar-refractivity contribution in [2.24, 2.45) is 7.05 Å². The summed E-state index contributed by atoms with van der Waals surface area (Å²) in [6.45, 7) is 5.47. The van der Waals surface area contributed by atoms with Gasteiger partial charge in [-0.05, 0) is 50.9 Å². The summed E-state index contributed by atoms with van der Waals surface area (Å²) in [7, 11) is 2.12. The molecule has 1 aromatic carbocycles. The minimum absolute atomic E-state index is 0.0433. The van der Waals surface area contributed by atoms with Crippen LogP contribution in [0, 0.1) is 6.92 Å². The van der Waals surface area contributed by atoms with Crippen molar-refractivity contribution in [3.8, 4) is 0 Å². The molecule has 1 unspecified atom stereocenters. The maximum Gasteiger partial charge on any atom is 0.129 e. The molecule has 0 aliphatic carbocycles. The van der Waals surface area contributed by atoms with Crippen LogP contribution in [-0.4, -0.2) is 16.1 Å². The molecule has 0 amide bonds. The molecule has 2 aromatic rings. The number of aromatic nitrogens is 2. The second-order valence-corrected chi connectivity index (χ2v) is 5.35. The molecule has 0 saturated carbocycles. The summed E-state index contributed by atoms with van der Waals surface area (Å²) in [4.78, 5) is 4.83. The Balaban J connectivity index is 2.20. The van der Waals surface area contributed by atoms with Crippen LogP contribution in [0.2, 0.25) is 0 Å². The highest BCUT2D eigenvalue weighted by molar-refractivity contribution is 5.77. The first-order chi connectivity index (χ1) is 8.10. The molecule has 1 fully saturated rings. The molecule has 17 heavy (non-hydrogen) atoms. The second-order valence-electron chi connectivity index (χ2n) is 5.35. The Morgan fingerprint density at radius 2 is 2.24 bits per heavy atom. The van der Waals surface area contributed by atoms with E-state index in [4.69, 9.17) is 4.98 Å². The van der Waals surface area contributed by atoms with E-state index < -0.39 is 0 Å². The SMILES string of the molecule is Cc1ccc2c(c1)nc(C1(C)CCCN1)n2C. The highest BCUT2D eigenvalue weighted by atomic mass is 15.1. The van der Waals surface area contributed by atoms with Crippen LogP contribution in [-0.2, 0) is 12.6 Å². The molecule has 1 N–H and O–H groups in total. The highest BCUT2D eigenvalue weighted by Gasteiger charge is 2.34. The summed E-state index contributed by atoms with van der Waals surface area (Å²) >= 11 is 0. The summed E-state index contributed by atoms with van der Waals surface area (Å²) in [5.41, 5.74) is 3.64. The van der Waals surface area contributed by atoms with Crippen molar-refractivity contribution < 1.29 is 0 Å². The van der Waals surface area contributed by atoms with E-state index >= 15 is 0 Å². The second kappa shape index (κ2) is 3.57. The summed E-state index contributed by atoms with van der Waals surface area (Å²) in [5.74, 6) is 1.16. The lowest BCUT2D eigenvalue weighted by atomic mass is 9.99. The molecule has 3 nitrogen and oxygen atoms in total. The average molecular weight is 229 g/mol. The zero-order valence-corrected chi connectivity index (χ0v) is 10.7. The Morgan fingerprint density at radius 1 is 1.41 bits per heavy atom. The van der Waals surface area contributed by atoms with E-state index in [0.717, 1.165) is 17.9 Å². The van der Waals surface area contributed by atoms with Crippen molar-refractivity contribution in [2.75, 3.05) is 6.54 Å². The van der Waals surface area contributed by atoms with Crippen molar-refractivity contribution in [1.82, 2.24) is 14.9 Å². The van der Waals surface area contributed by atoms with E-state index in [-0.39, 0.29) is 5.54 Å². The Kier molecular flexibility index (Phi) is 2.26.